The average molecular weight is 248 g/mol. The zero-order valence-electron chi connectivity index (χ0n) is 10.8. The van der Waals surface area contributed by atoms with E-state index in [-0.39, 0.29) is 0 Å². The predicted octanol–water partition coefficient (Wildman–Crippen LogP) is 0.809. The third-order valence-electron chi connectivity index (χ3n) is 4.88. The molecule has 5 heteroatoms. The van der Waals surface area contributed by atoms with Crippen LogP contribution < -0.4 is 5.73 Å². The summed E-state index contributed by atoms with van der Waals surface area (Å²) in [5.41, 5.74) is 8.21. The van der Waals surface area contributed by atoms with Crippen LogP contribution in [-0.2, 0) is 4.74 Å². The highest BCUT2D eigenvalue weighted by Crippen LogP contribution is 2.54. The Hall–Kier alpha value is -1.07. The summed E-state index contributed by atoms with van der Waals surface area (Å²) < 4.78 is 7.32. The Morgan fingerprint density at radius 1 is 1.33 bits per heavy atom. The van der Waals surface area contributed by atoms with E-state index in [0.29, 0.717) is 17.5 Å². The second kappa shape index (κ2) is 3.48. The van der Waals surface area contributed by atoms with Crippen molar-refractivity contribution in [3.8, 4) is 0 Å². The van der Waals surface area contributed by atoms with Crippen molar-refractivity contribution in [3.05, 3.63) is 11.9 Å². The minimum absolute atomic E-state index is 0.570. The van der Waals surface area contributed by atoms with Crippen molar-refractivity contribution < 1.29 is 4.74 Å². The Kier molecular flexibility index (Phi) is 2.09. The zero-order chi connectivity index (χ0) is 12.3. The van der Waals surface area contributed by atoms with Crippen LogP contribution in [0.5, 0.6) is 0 Å². The fraction of sp³-hybridized carbons (Fsp3) is 0.769. The molecule has 3 fully saturated rings. The number of aromatic nitrogens is 2. The van der Waals surface area contributed by atoms with Gasteiger partial charge in [-0.15, -0.1) is 0 Å². The predicted molar refractivity (Wildman–Crippen MR) is 68.3 cm³/mol. The van der Waals surface area contributed by atoms with E-state index in [1.165, 1.54) is 25.9 Å². The number of anilines is 1. The SMILES string of the molecule is Cc1nn(C2CC3(C2)CN(C2COC2)C3)cc1N. The first-order chi connectivity index (χ1) is 8.65. The van der Waals surface area contributed by atoms with E-state index in [9.17, 15) is 0 Å². The molecule has 1 spiro atoms. The van der Waals surface area contributed by atoms with Gasteiger partial charge in [-0.3, -0.25) is 9.58 Å². The number of nitrogens with two attached hydrogens (primary N) is 1. The summed E-state index contributed by atoms with van der Waals surface area (Å²) >= 11 is 0. The van der Waals surface area contributed by atoms with Crippen molar-refractivity contribution in [2.45, 2.75) is 31.8 Å². The first kappa shape index (κ1) is 10.8. The summed E-state index contributed by atoms with van der Waals surface area (Å²) in [6, 6.07) is 1.28. The van der Waals surface area contributed by atoms with Crippen LogP contribution in [-0.4, -0.2) is 47.0 Å². The molecule has 98 valence electrons. The van der Waals surface area contributed by atoms with Gasteiger partial charge >= 0.3 is 0 Å². The Morgan fingerprint density at radius 2 is 2.06 bits per heavy atom. The normalized spacial score (nSPS) is 27.8. The molecule has 0 radical (unpaired) electrons. The molecule has 3 heterocycles. The van der Waals surface area contributed by atoms with Gasteiger partial charge in [-0.1, -0.05) is 0 Å². The topological polar surface area (TPSA) is 56.3 Å². The highest BCUT2D eigenvalue weighted by Gasteiger charge is 2.55. The molecule has 18 heavy (non-hydrogen) atoms. The van der Waals surface area contributed by atoms with Gasteiger partial charge in [0.1, 0.15) is 0 Å². The second-order valence-corrected chi connectivity index (χ2v) is 6.31. The van der Waals surface area contributed by atoms with Crippen LogP contribution in [0.2, 0.25) is 0 Å². The summed E-state index contributed by atoms with van der Waals surface area (Å²) in [4.78, 5) is 2.57. The van der Waals surface area contributed by atoms with E-state index in [1.807, 2.05) is 13.1 Å². The summed E-state index contributed by atoms with van der Waals surface area (Å²) in [6.07, 6.45) is 4.51. The smallest absolute Gasteiger partial charge is 0.0823 e. The van der Waals surface area contributed by atoms with E-state index in [0.717, 1.165) is 24.6 Å². The zero-order valence-corrected chi connectivity index (χ0v) is 10.8. The van der Waals surface area contributed by atoms with Crippen molar-refractivity contribution >= 4 is 5.69 Å². The molecular formula is C13H20N4O. The first-order valence-electron chi connectivity index (χ1n) is 6.78. The monoisotopic (exact) mass is 248 g/mol. The summed E-state index contributed by atoms with van der Waals surface area (Å²) in [6.45, 7) is 6.37. The van der Waals surface area contributed by atoms with Crippen molar-refractivity contribution in [1.29, 1.82) is 0 Å². The molecule has 2 N–H and O–H groups in total. The maximum atomic E-state index is 5.85. The van der Waals surface area contributed by atoms with Crippen LogP contribution in [0.15, 0.2) is 6.20 Å². The van der Waals surface area contributed by atoms with Gasteiger partial charge in [0.2, 0.25) is 0 Å². The third kappa shape index (κ3) is 1.44. The van der Waals surface area contributed by atoms with E-state index < -0.39 is 0 Å². The van der Waals surface area contributed by atoms with Gasteiger partial charge in [-0.25, -0.2) is 0 Å². The van der Waals surface area contributed by atoms with Gasteiger partial charge in [0.25, 0.3) is 0 Å². The molecule has 0 bridgehead atoms. The van der Waals surface area contributed by atoms with Crippen molar-refractivity contribution in [2.75, 3.05) is 32.0 Å². The van der Waals surface area contributed by atoms with Gasteiger partial charge in [-0.05, 0) is 25.2 Å². The molecule has 2 aliphatic heterocycles. The number of nitrogen functional groups attached to an aromatic ring is 1. The van der Waals surface area contributed by atoms with E-state index in [2.05, 4.69) is 14.7 Å². The molecule has 3 aliphatic rings. The standard InChI is InChI=1S/C13H20N4O/c1-9-12(14)4-17(15-9)10-2-13(3-10)7-16(8-13)11-5-18-6-11/h4,10-11H,2-3,5-8,14H2,1H3. The lowest BCUT2D eigenvalue weighted by Crippen LogP contribution is -2.68. The Bertz CT molecular complexity index is 446. The molecule has 1 aromatic rings. The fourth-order valence-corrected chi connectivity index (χ4v) is 3.58. The summed E-state index contributed by atoms with van der Waals surface area (Å²) in [7, 11) is 0. The van der Waals surface area contributed by atoms with E-state index in [1.54, 1.807) is 0 Å². The third-order valence-corrected chi connectivity index (χ3v) is 4.88. The Balaban J connectivity index is 1.35. The van der Waals surface area contributed by atoms with E-state index in [4.69, 9.17) is 10.5 Å². The van der Waals surface area contributed by atoms with Crippen molar-refractivity contribution in [1.82, 2.24) is 14.7 Å². The van der Waals surface area contributed by atoms with Gasteiger partial charge in [-0.2, -0.15) is 5.10 Å². The van der Waals surface area contributed by atoms with Crippen LogP contribution in [0.4, 0.5) is 5.69 Å². The molecule has 5 nitrogen and oxygen atoms in total. The molecule has 2 saturated heterocycles. The average Bonchev–Trinajstić information content (AvgIpc) is 2.45. The lowest BCUT2D eigenvalue weighted by Gasteiger charge is -2.61. The van der Waals surface area contributed by atoms with Crippen LogP contribution in [0.25, 0.3) is 0 Å². The number of likely N-dealkylation sites (tertiary alicyclic amines) is 1. The Morgan fingerprint density at radius 3 is 2.56 bits per heavy atom. The summed E-state index contributed by atoms with van der Waals surface area (Å²) in [5.74, 6) is 0. The lowest BCUT2D eigenvalue weighted by atomic mass is 9.60. The van der Waals surface area contributed by atoms with Gasteiger partial charge < -0.3 is 10.5 Å². The number of nitrogens with zero attached hydrogens (tertiary/aromatic N) is 3. The lowest BCUT2D eigenvalue weighted by molar-refractivity contribution is -0.165. The molecule has 1 aliphatic carbocycles. The largest absolute Gasteiger partial charge is 0.396 e. The number of hydrogen-bond donors (Lipinski definition) is 1. The Labute approximate surface area is 107 Å². The minimum atomic E-state index is 0.570. The van der Waals surface area contributed by atoms with Gasteiger partial charge in [0.15, 0.2) is 0 Å². The first-order valence-corrected chi connectivity index (χ1v) is 6.78. The maximum Gasteiger partial charge on any atom is 0.0823 e. The molecule has 0 unspecified atom stereocenters. The highest BCUT2D eigenvalue weighted by atomic mass is 16.5. The van der Waals surface area contributed by atoms with Crippen LogP contribution in [0.3, 0.4) is 0 Å². The second-order valence-electron chi connectivity index (χ2n) is 6.31. The highest BCUT2D eigenvalue weighted by molar-refractivity contribution is 5.39. The fourth-order valence-electron chi connectivity index (χ4n) is 3.58. The van der Waals surface area contributed by atoms with Crippen LogP contribution >= 0.6 is 0 Å². The van der Waals surface area contributed by atoms with Crippen LogP contribution in [0.1, 0.15) is 24.6 Å². The number of rotatable bonds is 2. The minimum Gasteiger partial charge on any atom is -0.396 e. The molecule has 4 rings (SSSR count). The van der Waals surface area contributed by atoms with Crippen LogP contribution in [0, 0.1) is 12.3 Å². The molecular weight excluding hydrogens is 228 g/mol. The quantitative estimate of drug-likeness (QED) is 0.841. The summed E-state index contributed by atoms with van der Waals surface area (Å²) in [5, 5.41) is 4.50. The molecule has 0 amide bonds. The van der Waals surface area contributed by atoms with Crippen molar-refractivity contribution in [3.63, 3.8) is 0 Å². The van der Waals surface area contributed by atoms with E-state index >= 15 is 0 Å². The van der Waals surface area contributed by atoms with Gasteiger partial charge in [0.05, 0.1) is 36.7 Å². The van der Waals surface area contributed by atoms with Gasteiger partial charge in [0, 0.05) is 19.3 Å². The molecule has 1 saturated carbocycles. The van der Waals surface area contributed by atoms with Crippen molar-refractivity contribution in [2.24, 2.45) is 5.41 Å². The number of ether oxygens (including phenoxy) is 1. The molecule has 0 aromatic carbocycles. The number of aryl methyl sites for hydroxylation is 1. The molecule has 0 atom stereocenters. The number of hydrogen-bond acceptors (Lipinski definition) is 4. The maximum absolute atomic E-state index is 5.85. The molecule has 1 aromatic heterocycles.